The molecular formula is C26H27N3O2. The SMILES string of the molecule is COc1ccc(C(=O)NCCCc2nc3ccccc3n2Cc2cccc(C)c2)cc1. The number of carbonyl (C=O) groups is 1. The van der Waals surface area contributed by atoms with Crippen LogP contribution in [0, 0.1) is 6.92 Å². The van der Waals surface area contributed by atoms with E-state index in [0.29, 0.717) is 12.1 Å². The normalized spacial score (nSPS) is 10.9. The van der Waals surface area contributed by atoms with Gasteiger partial charge in [0.05, 0.1) is 18.1 Å². The van der Waals surface area contributed by atoms with E-state index in [1.807, 2.05) is 6.07 Å². The van der Waals surface area contributed by atoms with Crippen LogP contribution in [-0.2, 0) is 13.0 Å². The lowest BCUT2D eigenvalue weighted by Gasteiger charge is -2.11. The summed E-state index contributed by atoms with van der Waals surface area (Å²) in [6.07, 6.45) is 1.61. The fourth-order valence-corrected chi connectivity index (χ4v) is 3.78. The molecule has 0 aliphatic rings. The fourth-order valence-electron chi connectivity index (χ4n) is 3.78. The second kappa shape index (κ2) is 9.47. The number of nitrogens with one attached hydrogen (secondary N) is 1. The van der Waals surface area contributed by atoms with E-state index in [1.165, 1.54) is 11.1 Å². The van der Waals surface area contributed by atoms with E-state index in [1.54, 1.807) is 31.4 Å². The van der Waals surface area contributed by atoms with E-state index in [0.717, 1.165) is 42.0 Å². The Labute approximate surface area is 182 Å². The summed E-state index contributed by atoms with van der Waals surface area (Å²) >= 11 is 0. The molecule has 31 heavy (non-hydrogen) atoms. The molecule has 1 N–H and O–H groups in total. The van der Waals surface area contributed by atoms with E-state index in [9.17, 15) is 4.79 Å². The third kappa shape index (κ3) is 4.94. The van der Waals surface area contributed by atoms with Crippen LogP contribution in [0.25, 0.3) is 11.0 Å². The molecule has 0 saturated carbocycles. The molecule has 3 aromatic carbocycles. The number of para-hydroxylation sites is 2. The highest BCUT2D eigenvalue weighted by Gasteiger charge is 2.11. The number of hydrogen-bond donors (Lipinski definition) is 1. The molecule has 4 aromatic rings. The first-order valence-electron chi connectivity index (χ1n) is 10.6. The number of aryl methyl sites for hydroxylation is 2. The van der Waals surface area contributed by atoms with Crippen LogP contribution in [0.3, 0.4) is 0 Å². The highest BCUT2D eigenvalue weighted by Crippen LogP contribution is 2.19. The number of ether oxygens (including phenoxy) is 1. The van der Waals surface area contributed by atoms with Gasteiger partial charge in [0, 0.05) is 25.1 Å². The molecule has 1 aromatic heterocycles. The number of methoxy groups -OCH3 is 1. The van der Waals surface area contributed by atoms with Gasteiger partial charge in [0.25, 0.3) is 5.91 Å². The predicted octanol–water partition coefficient (Wildman–Crippen LogP) is 4.76. The van der Waals surface area contributed by atoms with Gasteiger partial charge in [0.1, 0.15) is 11.6 Å². The number of benzene rings is 3. The van der Waals surface area contributed by atoms with Crippen LogP contribution in [0.15, 0.2) is 72.8 Å². The van der Waals surface area contributed by atoms with Crippen molar-refractivity contribution in [3.05, 3.63) is 95.3 Å². The first-order valence-corrected chi connectivity index (χ1v) is 10.6. The molecule has 0 aliphatic heterocycles. The van der Waals surface area contributed by atoms with E-state index >= 15 is 0 Å². The van der Waals surface area contributed by atoms with Crippen LogP contribution in [-0.4, -0.2) is 29.1 Å². The number of aromatic nitrogens is 2. The summed E-state index contributed by atoms with van der Waals surface area (Å²) in [6, 6.07) is 24.0. The quantitative estimate of drug-likeness (QED) is 0.424. The first-order chi connectivity index (χ1) is 15.1. The number of hydrogen-bond acceptors (Lipinski definition) is 3. The predicted molar refractivity (Wildman–Crippen MR) is 124 cm³/mol. The maximum absolute atomic E-state index is 12.4. The average Bonchev–Trinajstić information content (AvgIpc) is 3.14. The van der Waals surface area contributed by atoms with Gasteiger partial charge in [0.2, 0.25) is 0 Å². The molecule has 1 amide bonds. The first kappa shape index (κ1) is 20.7. The molecule has 5 nitrogen and oxygen atoms in total. The van der Waals surface area contributed by atoms with E-state index in [-0.39, 0.29) is 5.91 Å². The van der Waals surface area contributed by atoms with Gasteiger partial charge in [-0.15, -0.1) is 0 Å². The molecule has 1 heterocycles. The molecule has 0 fully saturated rings. The summed E-state index contributed by atoms with van der Waals surface area (Å²) in [5.74, 6) is 1.71. The molecule has 0 unspecified atom stereocenters. The highest BCUT2D eigenvalue weighted by molar-refractivity contribution is 5.94. The van der Waals surface area contributed by atoms with Crippen LogP contribution in [0.2, 0.25) is 0 Å². The minimum atomic E-state index is -0.0732. The van der Waals surface area contributed by atoms with Crippen molar-refractivity contribution >= 4 is 16.9 Å². The number of fused-ring (bicyclic) bond motifs is 1. The summed E-state index contributed by atoms with van der Waals surface area (Å²) in [5, 5.41) is 3.00. The van der Waals surface area contributed by atoms with Crippen LogP contribution >= 0.6 is 0 Å². The Kier molecular flexibility index (Phi) is 6.32. The molecule has 0 spiro atoms. The third-order valence-corrected chi connectivity index (χ3v) is 5.37. The van der Waals surface area contributed by atoms with Gasteiger partial charge in [-0.3, -0.25) is 4.79 Å². The zero-order valence-corrected chi connectivity index (χ0v) is 18.0. The molecule has 158 valence electrons. The van der Waals surface area contributed by atoms with Crippen molar-refractivity contribution in [2.45, 2.75) is 26.3 Å². The molecule has 0 bridgehead atoms. The van der Waals surface area contributed by atoms with Crippen LogP contribution < -0.4 is 10.1 Å². The molecule has 0 aliphatic carbocycles. The average molecular weight is 414 g/mol. The van der Waals surface area contributed by atoms with Crippen molar-refractivity contribution in [2.24, 2.45) is 0 Å². The Morgan fingerprint density at radius 1 is 1.03 bits per heavy atom. The van der Waals surface area contributed by atoms with Crippen molar-refractivity contribution in [2.75, 3.05) is 13.7 Å². The zero-order chi connectivity index (χ0) is 21.6. The van der Waals surface area contributed by atoms with Gasteiger partial charge in [-0.05, 0) is 55.3 Å². The maximum Gasteiger partial charge on any atom is 0.251 e. The summed E-state index contributed by atoms with van der Waals surface area (Å²) in [6.45, 7) is 3.50. The summed E-state index contributed by atoms with van der Waals surface area (Å²) < 4.78 is 7.43. The molecular weight excluding hydrogens is 386 g/mol. The minimum Gasteiger partial charge on any atom is -0.497 e. The lowest BCUT2D eigenvalue weighted by atomic mass is 10.1. The number of carbonyl (C=O) groups excluding carboxylic acids is 1. The van der Waals surface area contributed by atoms with Crippen LogP contribution in [0.4, 0.5) is 0 Å². The third-order valence-electron chi connectivity index (χ3n) is 5.37. The Morgan fingerprint density at radius 3 is 2.61 bits per heavy atom. The summed E-state index contributed by atoms with van der Waals surface area (Å²) in [5.41, 5.74) is 5.29. The molecule has 0 atom stereocenters. The van der Waals surface area contributed by atoms with Gasteiger partial charge in [0.15, 0.2) is 0 Å². The number of rotatable bonds is 8. The monoisotopic (exact) mass is 413 g/mol. The highest BCUT2D eigenvalue weighted by atomic mass is 16.5. The molecule has 0 radical (unpaired) electrons. The Balaban J connectivity index is 1.42. The van der Waals surface area contributed by atoms with Gasteiger partial charge in [-0.1, -0.05) is 42.0 Å². The maximum atomic E-state index is 12.4. The second-order valence-corrected chi connectivity index (χ2v) is 7.68. The van der Waals surface area contributed by atoms with Crippen LogP contribution in [0.5, 0.6) is 5.75 Å². The minimum absolute atomic E-state index is 0.0732. The summed E-state index contributed by atoms with van der Waals surface area (Å²) in [4.78, 5) is 17.2. The largest absolute Gasteiger partial charge is 0.497 e. The Hall–Kier alpha value is -3.60. The smallest absolute Gasteiger partial charge is 0.251 e. The lowest BCUT2D eigenvalue weighted by molar-refractivity contribution is 0.0953. The van der Waals surface area contributed by atoms with Crippen molar-refractivity contribution in [1.29, 1.82) is 0 Å². The Bertz CT molecular complexity index is 1180. The van der Waals surface area contributed by atoms with Crippen LogP contribution in [0.1, 0.15) is 33.7 Å². The van der Waals surface area contributed by atoms with Crippen molar-refractivity contribution in [3.63, 3.8) is 0 Å². The van der Waals surface area contributed by atoms with E-state index in [2.05, 4.69) is 59.3 Å². The second-order valence-electron chi connectivity index (χ2n) is 7.68. The molecule has 4 rings (SSSR count). The number of imidazole rings is 1. The zero-order valence-electron chi connectivity index (χ0n) is 18.0. The fraction of sp³-hybridized carbons (Fsp3) is 0.231. The van der Waals surface area contributed by atoms with Gasteiger partial charge in [-0.2, -0.15) is 0 Å². The van der Waals surface area contributed by atoms with Gasteiger partial charge >= 0.3 is 0 Å². The van der Waals surface area contributed by atoms with Crippen molar-refractivity contribution in [3.8, 4) is 5.75 Å². The molecule has 0 saturated heterocycles. The van der Waals surface area contributed by atoms with E-state index in [4.69, 9.17) is 9.72 Å². The topological polar surface area (TPSA) is 56.1 Å². The van der Waals surface area contributed by atoms with Gasteiger partial charge in [-0.25, -0.2) is 4.98 Å². The summed E-state index contributed by atoms with van der Waals surface area (Å²) in [7, 11) is 1.61. The van der Waals surface area contributed by atoms with Crippen molar-refractivity contribution in [1.82, 2.24) is 14.9 Å². The lowest BCUT2D eigenvalue weighted by Crippen LogP contribution is -2.25. The Morgan fingerprint density at radius 2 is 1.84 bits per heavy atom. The number of nitrogens with zero attached hydrogens (tertiary/aromatic N) is 2. The van der Waals surface area contributed by atoms with Gasteiger partial charge < -0.3 is 14.6 Å². The van der Waals surface area contributed by atoms with Crippen molar-refractivity contribution < 1.29 is 9.53 Å². The molecule has 5 heteroatoms. The number of amides is 1. The standard InChI is InChI=1S/C26H27N3O2/c1-19-7-5-8-20(17-19)18-29-24-10-4-3-9-23(24)28-25(29)11-6-16-27-26(30)21-12-14-22(31-2)15-13-21/h3-5,7-10,12-15,17H,6,11,16,18H2,1-2H3,(H,27,30). The van der Waals surface area contributed by atoms with E-state index < -0.39 is 0 Å².